The first-order valence-electron chi connectivity index (χ1n) is 7.83. The molecule has 2 aliphatic heterocycles. The second-order valence-corrected chi connectivity index (χ2v) is 9.56. The van der Waals surface area contributed by atoms with Crippen LogP contribution in [0.15, 0.2) is 28.1 Å². The van der Waals surface area contributed by atoms with Crippen LogP contribution in [0.1, 0.15) is 11.8 Å². The quantitative estimate of drug-likeness (QED) is 0.468. The molecule has 3 heterocycles. The number of thioether (sulfide) groups is 1. The van der Waals surface area contributed by atoms with Crippen molar-refractivity contribution in [2.75, 3.05) is 12.4 Å². The summed E-state index contributed by atoms with van der Waals surface area (Å²) < 4.78 is 28.9. The van der Waals surface area contributed by atoms with Crippen LogP contribution in [0.2, 0.25) is 0 Å². The number of ether oxygens (including phenoxy) is 1. The number of esters is 1. The Kier molecular flexibility index (Phi) is 5.60. The Morgan fingerprint density at radius 1 is 1.44 bits per heavy atom. The third-order valence-electron chi connectivity index (χ3n) is 3.94. The predicted molar refractivity (Wildman–Crippen MR) is 99.8 cm³/mol. The van der Waals surface area contributed by atoms with Gasteiger partial charge < -0.3 is 10.1 Å². The van der Waals surface area contributed by atoms with Crippen molar-refractivity contribution in [3.05, 3.63) is 33.0 Å². The SMILES string of the molecule is CC(=O)OCC1=C(S(N)(=O)=O)N2C(=O)[C@@H](NC(=O)Cc3cccs3)[C@H]2SC1. The van der Waals surface area contributed by atoms with Gasteiger partial charge in [0.15, 0.2) is 5.03 Å². The number of nitrogens with two attached hydrogens (primary N) is 1. The molecule has 1 aromatic rings. The fourth-order valence-electron chi connectivity index (χ4n) is 2.83. The van der Waals surface area contributed by atoms with Gasteiger partial charge in [-0.25, -0.2) is 13.6 Å². The zero-order valence-electron chi connectivity index (χ0n) is 14.2. The van der Waals surface area contributed by atoms with Gasteiger partial charge in [-0.15, -0.1) is 23.1 Å². The van der Waals surface area contributed by atoms with E-state index in [1.165, 1.54) is 30.0 Å². The summed E-state index contributed by atoms with van der Waals surface area (Å²) in [5.41, 5.74) is 0.241. The minimum absolute atomic E-state index is 0.147. The van der Waals surface area contributed by atoms with Gasteiger partial charge in [0.25, 0.3) is 15.9 Å². The molecule has 2 amide bonds. The average Bonchev–Trinajstić information content (AvgIpc) is 3.08. The monoisotopic (exact) mass is 431 g/mol. The molecule has 0 aromatic carbocycles. The summed E-state index contributed by atoms with van der Waals surface area (Å²) in [6.07, 6.45) is 0.147. The molecule has 0 saturated carbocycles. The number of sulfonamides is 1. The Labute approximate surface area is 164 Å². The molecule has 2 aliphatic rings. The fraction of sp³-hybridized carbons (Fsp3) is 0.400. The van der Waals surface area contributed by atoms with Crippen LogP contribution < -0.4 is 10.5 Å². The van der Waals surface area contributed by atoms with Crippen LogP contribution in [-0.2, 0) is 35.6 Å². The van der Waals surface area contributed by atoms with Crippen LogP contribution in [-0.4, -0.2) is 54.9 Å². The van der Waals surface area contributed by atoms with Crippen molar-refractivity contribution in [1.29, 1.82) is 0 Å². The van der Waals surface area contributed by atoms with Crippen LogP contribution in [0, 0.1) is 0 Å². The first kappa shape index (κ1) is 19.9. The molecule has 0 bridgehead atoms. The predicted octanol–water partition coefficient (Wildman–Crippen LogP) is -0.246. The molecule has 1 aromatic heterocycles. The van der Waals surface area contributed by atoms with Gasteiger partial charge in [-0.3, -0.25) is 19.3 Å². The molecule has 0 radical (unpaired) electrons. The number of hydrogen-bond donors (Lipinski definition) is 2. The number of rotatable bonds is 6. The van der Waals surface area contributed by atoms with Crippen LogP contribution in [0.3, 0.4) is 0 Å². The van der Waals surface area contributed by atoms with E-state index in [1.807, 2.05) is 17.5 Å². The molecule has 146 valence electrons. The highest BCUT2D eigenvalue weighted by Gasteiger charge is 2.54. The second kappa shape index (κ2) is 7.62. The summed E-state index contributed by atoms with van der Waals surface area (Å²) in [5.74, 6) is -1.24. The Morgan fingerprint density at radius 3 is 2.78 bits per heavy atom. The van der Waals surface area contributed by atoms with Gasteiger partial charge in [-0.2, -0.15) is 0 Å². The van der Waals surface area contributed by atoms with E-state index in [1.54, 1.807) is 0 Å². The van der Waals surface area contributed by atoms with Gasteiger partial charge in [0.05, 0.1) is 6.42 Å². The van der Waals surface area contributed by atoms with Gasteiger partial charge in [-0.1, -0.05) is 6.07 Å². The minimum atomic E-state index is -4.21. The molecule has 0 aliphatic carbocycles. The zero-order chi connectivity index (χ0) is 19.8. The third kappa shape index (κ3) is 4.18. The van der Waals surface area contributed by atoms with Crippen LogP contribution in [0.25, 0.3) is 0 Å². The first-order valence-corrected chi connectivity index (χ1v) is 11.3. The van der Waals surface area contributed by atoms with Gasteiger partial charge in [-0.05, 0) is 11.4 Å². The van der Waals surface area contributed by atoms with Crippen molar-refractivity contribution in [3.63, 3.8) is 0 Å². The average molecular weight is 432 g/mol. The van der Waals surface area contributed by atoms with E-state index in [4.69, 9.17) is 9.88 Å². The van der Waals surface area contributed by atoms with Crippen molar-refractivity contribution in [2.24, 2.45) is 5.14 Å². The molecule has 0 unspecified atom stereocenters. The standard InChI is InChI=1S/C15H17N3O6S3/c1-8(19)24-6-9-7-26-14-12(13(21)18(14)15(9)27(16,22)23)17-11(20)5-10-3-2-4-25-10/h2-4,12,14H,5-7H2,1H3,(H,17,20)(H2,16,22,23)/t12-,14-/m1/s1. The second-order valence-electron chi connectivity index (χ2n) is 5.95. The van der Waals surface area contributed by atoms with Gasteiger partial charge in [0.2, 0.25) is 5.91 Å². The molecule has 1 saturated heterocycles. The summed E-state index contributed by atoms with van der Waals surface area (Å²) in [6, 6.07) is 2.82. The number of nitrogens with zero attached hydrogens (tertiary/aromatic N) is 1. The number of fused-ring (bicyclic) bond motifs is 1. The van der Waals surface area contributed by atoms with E-state index < -0.39 is 33.3 Å². The van der Waals surface area contributed by atoms with Crippen molar-refractivity contribution in [2.45, 2.75) is 24.8 Å². The molecule has 9 nitrogen and oxygen atoms in total. The lowest BCUT2D eigenvalue weighted by molar-refractivity contribution is -0.145. The van der Waals surface area contributed by atoms with E-state index in [9.17, 15) is 22.8 Å². The van der Waals surface area contributed by atoms with Crippen molar-refractivity contribution < 1.29 is 27.5 Å². The maximum absolute atomic E-state index is 12.5. The molecule has 27 heavy (non-hydrogen) atoms. The summed E-state index contributed by atoms with van der Waals surface area (Å²) in [4.78, 5) is 37.6. The van der Waals surface area contributed by atoms with Crippen LogP contribution >= 0.6 is 23.1 Å². The number of β-lactam (4-membered cyclic amide) rings is 1. The van der Waals surface area contributed by atoms with Crippen LogP contribution in [0.5, 0.6) is 0 Å². The highest BCUT2D eigenvalue weighted by molar-refractivity contribution is 8.00. The summed E-state index contributed by atoms with van der Waals surface area (Å²) in [7, 11) is -4.21. The van der Waals surface area contributed by atoms with Crippen molar-refractivity contribution in [1.82, 2.24) is 10.2 Å². The number of primary sulfonamides is 1. The summed E-state index contributed by atoms with van der Waals surface area (Å²) in [6.45, 7) is 0.934. The van der Waals surface area contributed by atoms with Gasteiger partial charge in [0, 0.05) is 23.1 Å². The van der Waals surface area contributed by atoms with E-state index >= 15 is 0 Å². The van der Waals surface area contributed by atoms with E-state index in [-0.39, 0.29) is 35.3 Å². The molecule has 12 heteroatoms. The smallest absolute Gasteiger partial charge is 0.302 e. The number of carbonyl (C=O) groups is 3. The zero-order valence-corrected chi connectivity index (χ0v) is 16.7. The van der Waals surface area contributed by atoms with Crippen LogP contribution in [0.4, 0.5) is 0 Å². The van der Waals surface area contributed by atoms with Crippen molar-refractivity contribution in [3.8, 4) is 0 Å². The molecule has 0 spiro atoms. The van der Waals surface area contributed by atoms with E-state index in [0.29, 0.717) is 0 Å². The molecule has 3 rings (SSSR count). The fourth-order valence-corrected chi connectivity index (χ4v) is 6.03. The number of carbonyl (C=O) groups excluding carboxylic acids is 3. The number of hydrogen-bond acceptors (Lipinski definition) is 8. The lowest BCUT2D eigenvalue weighted by Gasteiger charge is -2.49. The largest absolute Gasteiger partial charge is 0.461 e. The van der Waals surface area contributed by atoms with Gasteiger partial charge >= 0.3 is 5.97 Å². The Balaban J connectivity index is 1.75. The van der Waals surface area contributed by atoms with E-state index in [2.05, 4.69) is 5.32 Å². The molecular formula is C15H17N3O6S3. The summed E-state index contributed by atoms with van der Waals surface area (Å²) in [5, 5.41) is 8.86. The lowest BCUT2D eigenvalue weighted by Crippen LogP contribution is -2.71. The Hall–Kier alpha value is -1.89. The lowest BCUT2D eigenvalue weighted by atomic mass is 10.1. The third-order valence-corrected chi connectivity index (χ3v) is 7.18. The maximum atomic E-state index is 12.5. The highest BCUT2D eigenvalue weighted by Crippen LogP contribution is 2.41. The number of amides is 2. The van der Waals surface area contributed by atoms with Gasteiger partial charge in [0.1, 0.15) is 18.0 Å². The molecule has 1 fully saturated rings. The van der Waals surface area contributed by atoms with Crippen molar-refractivity contribution >= 4 is 50.9 Å². The summed E-state index contributed by atoms with van der Waals surface area (Å²) >= 11 is 2.71. The molecular weight excluding hydrogens is 414 g/mol. The number of nitrogens with one attached hydrogen (secondary N) is 1. The maximum Gasteiger partial charge on any atom is 0.302 e. The topological polar surface area (TPSA) is 136 Å². The Bertz CT molecular complexity index is 909. The highest BCUT2D eigenvalue weighted by atomic mass is 32.2. The van der Waals surface area contributed by atoms with E-state index in [0.717, 1.165) is 9.78 Å². The first-order chi connectivity index (χ1) is 12.7. The Morgan fingerprint density at radius 2 is 2.19 bits per heavy atom. The number of thiophene rings is 1. The normalized spacial score (nSPS) is 22.1. The minimum Gasteiger partial charge on any atom is -0.461 e. The molecule has 2 atom stereocenters. The molecule has 3 N–H and O–H groups in total.